The van der Waals surface area contributed by atoms with Gasteiger partial charge in [0, 0.05) is 23.5 Å². The molecule has 1 aromatic carbocycles. The second kappa shape index (κ2) is 6.89. The van der Waals surface area contributed by atoms with E-state index in [4.69, 9.17) is 0 Å². The first-order chi connectivity index (χ1) is 10.7. The Kier molecular flexibility index (Phi) is 4.90. The van der Waals surface area contributed by atoms with Gasteiger partial charge < -0.3 is 15.7 Å². The van der Waals surface area contributed by atoms with Crippen LogP contribution < -0.4 is 10.6 Å². The first-order valence-electron chi connectivity index (χ1n) is 7.43. The highest BCUT2D eigenvalue weighted by Crippen LogP contribution is 2.27. The van der Waals surface area contributed by atoms with Crippen molar-refractivity contribution in [1.82, 2.24) is 10.6 Å². The molecule has 1 aliphatic rings. The van der Waals surface area contributed by atoms with E-state index in [1.54, 1.807) is 23.1 Å². The Hall–Kier alpha value is -1.24. The lowest BCUT2D eigenvalue weighted by atomic mass is 10.0. The number of thioether (sulfide) groups is 1. The Labute approximate surface area is 138 Å². The molecule has 3 N–H and O–H groups in total. The van der Waals surface area contributed by atoms with Crippen LogP contribution in [0.2, 0.25) is 0 Å². The molecule has 2 aromatic rings. The monoisotopic (exact) mass is 336 g/mol. The number of nitrogens with one attached hydrogen (secondary N) is 2. The van der Waals surface area contributed by atoms with Crippen LogP contribution in [0.1, 0.15) is 12.0 Å². The number of rotatable bonds is 5. The van der Waals surface area contributed by atoms with Crippen molar-refractivity contribution in [2.24, 2.45) is 0 Å². The Balaban J connectivity index is 1.43. The van der Waals surface area contributed by atoms with Crippen LogP contribution in [-0.2, 0) is 6.42 Å². The minimum absolute atomic E-state index is 0.204. The second-order valence-corrected chi connectivity index (χ2v) is 7.66. The van der Waals surface area contributed by atoms with E-state index in [-0.39, 0.29) is 6.03 Å². The molecule has 22 heavy (non-hydrogen) atoms. The topological polar surface area (TPSA) is 61.4 Å². The summed E-state index contributed by atoms with van der Waals surface area (Å²) in [7, 11) is 0. The standard InChI is InChI=1S/C16H20N2O2S2/c19-15(18-10-16(20)6-8-21-11-16)17-7-5-12-9-22-14-4-2-1-3-13(12)14/h1-4,9,20H,5-8,10-11H2,(H2,17,18,19)/t16-/m0/s1. The summed E-state index contributed by atoms with van der Waals surface area (Å²) in [6, 6.07) is 8.11. The summed E-state index contributed by atoms with van der Waals surface area (Å²) >= 11 is 3.46. The number of urea groups is 1. The smallest absolute Gasteiger partial charge is 0.314 e. The minimum atomic E-state index is -0.731. The van der Waals surface area contributed by atoms with Crippen LogP contribution in [0, 0.1) is 0 Å². The fraction of sp³-hybridized carbons (Fsp3) is 0.438. The zero-order valence-electron chi connectivity index (χ0n) is 12.3. The average molecular weight is 336 g/mol. The lowest BCUT2D eigenvalue weighted by molar-refractivity contribution is 0.0700. The quantitative estimate of drug-likeness (QED) is 0.786. The predicted octanol–water partition coefficient (Wildman–Crippen LogP) is 2.61. The molecule has 0 spiro atoms. The molecule has 0 saturated carbocycles. The number of hydrogen-bond donors (Lipinski definition) is 3. The lowest BCUT2D eigenvalue weighted by Gasteiger charge is -2.21. The fourth-order valence-corrected chi connectivity index (χ4v) is 4.87. The number of carbonyl (C=O) groups is 1. The molecule has 1 atom stereocenters. The third-order valence-corrected chi connectivity index (χ3v) is 6.15. The number of hydrogen-bond acceptors (Lipinski definition) is 4. The van der Waals surface area contributed by atoms with Gasteiger partial charge in [0.25, 0.3) is 0 Å². The molecule has 1 aromatic heterocycles. The highest BCUT2D eigenvalue weighted by Gasteiger charge is 2.31. The first kappa shape index (κ1) is 15.6. The van der Waals surface area contributed by atoms with Crippen molar-refractivity contribution in [2.45, 2.75) is 18.4 Å². The molecule has 1 saturated heterocycles. The minimum Gasteiger partial charge on any atom is -0.387 e. The van der Waals surface area contributed by atoms with Crippen molar-refractivity contribution in [2.75, 3.05) is 24.6 Å². The molecule has 0 unspecified atom stereocenters. The summed E-state index contributed by atoms with van der Waals surface area (Å²) in [5.74, 6) is 1.67. The van der Waals surface area contributed by atoms with Crippen molar-refractivity contribution in [3.63, 3.8) is 0 Å². The van der Waals surface area contributed by atoms with Crippen LogP contribution in [0.25, 0.3) is 10.1 Å². The van der Waals surface area contributed by atoms with E-state index < -0.39 is 5.60 Å². The van der Waals surface area contributed by atoms with Crippen LogP contribution in [-0.4, -0.2) is 41.3 Å². The third-order valence-electron chi connectivity index (χ3n) is 3.90. The molecule has 0 radical (unpaired) electrons. The van der Waals surface area contributed by atoms with E-state index in [2.05, 4.69) is 28.1 Å². The highest BCUT2D eigenvalue weighted by molar-refractivity contribution is 7.99. The SMILES string of the molecule is O=C(NCCc1csc2ccccc12)NC[C@@]1(O)CCSC1. The van der Waals surface area contributed by atoms with Crippen molar-refractivity contribution < 1.29 is 9.90 Å². The van der Waals surface area contributed by atoms with Gasteiger partial charge >= 0.3 is 6.03 Å². The van der Waals surface area contributed by atoms with E-state index in [0.717, 1.165) is 18.6 Å². The molecule has 2 heterocycles. The van der Waals surface area contributed by atoms with Crippen LogP contribution >= 0.6 is 23.1 Å². The molecule has 0 aliphatic carbocycles. The van der Waals surface area contributed by atoms with Crippen LogP contribution in [0.3, 0.4) is 0 Å². The Morgan fingerprint density at radius 3 is 3.00 bits per heavy atom. The summed E-state index contributed by atoms with van der Waals surface area (Å²) in [5, 5.41) is 19.2. The Bertz CT molecular complexity index is 650. The maximum atomic E-state index is 11.8. The van der Waals surface area contributed by atoms with Gasteiger partial charge in [-0.25, -0.2) is 4.79 Å². The number of fused-ring (bicyclic) bond motifs is 1. The van der Waals surface area contributed by atoms with Crippen LogP contribution in [0.5, 0.6) is 0 Å². The summed E-state index contributed by atoms with van der Waals surface area (Å²) in [6.45, 7) is 0.924. The number of amides is 2. The maximum absolute atomic E-state index is 11.8. The zero-order valence-corrected chi connectivity index (χ0v) is 13.9. The molecule has 4 nitrogen and oxygen atoms in total. The fourth-order valence-electron chi connectivity index (χ4n) is 2.58. The van der Waals surface area contributed by atoms with E-state index >= 15 is 0 Å². The zero-order chi connectivity index (χ0) is 15.4. The molecule has 0 bridgehead atoms. The normalized spacial score (nSPS) is 21.1. The largest absolute Gasteiger partial charge is 0.387 e. The number of aliphatic hydroxyl groups is 1. The lowest BCUT2D eigenvalue weighted by Crippen LogP contribution is -2.46. The molecule has 1 aliphatic heterocycles. The van der Waals surface area contributed by atoms with Gasteiger partial charge in [0.1, 0.15) is 0 Å². The van der Waals surface area contributed by atoms with Gasteiger partial charge in [0.15, 0.2) is 0 Å². The van der Waals surface area contributed by atoms with Crippen molar-refractivity contribution in [1.29, 1.82) is 0 Å². The van der Waals surface area contributed by atoms with Gasteiger partial charge in [-0.3, -0.25) is 0 Å². The molecule has 1 fully saturated rings. The van der Waals surface area contributed by atoms with Crippen molar-refractivity contribution >= 4 is 39.2 Å². The molecular formula is C16H20N2O2S2. The molecule has 118 valence electrons. The molecule has 3 rings (SSSR count). The second-order valence-electron chi connectivity index (χ2n) is 5.64. The van der Waals surface area contributed by atoms with E-state index in [0.29, 0.717) is 18.8 Å². The number of thiophene rings is 1. The predicted molar refractivity (Wildman–Crippen MR) is 93.8 cm³/mol. The maximum Gasteiger partial charge on any atom is 0.314 e. The third kappa shape index (κ3) is 3.74. The van der Waals surface area contributed by atoms with Gasteiger partial charge in [0.05, 0.1) is 5.60 Å². The Morgan fingerprint density at radius 2 is 2.18 bits per heavy atom. The summed E-state index contributed by atoms with van der Waals surface area (Å²) in [4.78, 5) is 11.8. The van der Waals surface area contributed by atoms with Gasteiger partial charge in [-0.2, -0.15) is 11.8 Å². The molecular weight excluding hydrogens is 316 g/mol. The number of carbonyl (C=O) groups excluding carboxylic acids is 1. The van der Waals surface area contributed by atoms with Gasteiger partial charge in [-0.1, -0.05) is 18.2 Å². The molecule has 2 amide bonds. The van der Waals surface area contributed by atoms with Crippen LogP contribution in [0.4, 0.5) is 4.79 Å². The van der Waals surface area contributed by atoms with Crippen LogP contribution in [0.15, 0.2) is 29.6 Å². The van der Waals surface area contributed by atoms with Gasteiger partial charge in [-0.05, 0) is 41.0 Å². The van der Waals surface area contributed by atoms with Gasteiger partial charge in [-0.15, -0.1) is 11.3 Å². The van der Waals surface area contributed by atoms with Crippen molar-refractivity contribution in [3.05, 3.63) is 35.2 Å². The van der Waals surface area contributed by atoms with E-state index in [1.165, 1.54) is 15.6 Å². The Morgan fingerprint density at radius 1 is 1.32 bits per heavy atom. The van der Waals surface area contributed by atoms with Crippen molar-refractivity contribution in [3.8, 4) is 0 Å². The highest BCUT2D eigenvalue weighted by atomic mass is 32.2. The summed E-state index contributed by atoms with van der Waals surface area (Å²) in [5.41, 5.74) is 0.540. The average Bonchev–Trinajstić information content (AvgIpc) is 3.13. The first-order valence-corrected chi connectivity index (χ1v) is 9.47. The molecule has 6 heteroatoms. The number of benzene rings is 1. The summed E-state index contributed by atoms with van der Waals surface area (Å²) in [6.07, 6.45) is 1.57. The van der Waals surface area contributed by atoms with Gasteiger partial charge in [0.2, 0.25) is 0 Å². The van der Waals surface area contributed by atoms with E-state index in [9.17, 15) is 9.90 Å². The summed E-state index contributed by atoms with van der Waals surface area (Å²) < 4.78 is 1.28. The van der Waals surface area contributed by atoms with E-state index in [1.807, 2.05) is 12.1 Å².